The van der Waals surface area contributed by atoms with Crippen molar-refractivity contribution in [2.45, 2.75) is 19.4 Å². The minimum Gasteiger partial charge on any atom is -0.480 e. The van der Waals surface area contributed by atoms with Crippen LogP contribution in [0.5, 0.6) is 0 Å². The Labute approximate surface area is 75.3 Å². The molecule has 0 amide bonds. The van der Waals surface area contributed by atoms with Crippen LogP contribution in [0.2, 0.25) is 0 Å². The molecule has 1 rings (SSSR count). The second kappa shape index (κ2) is 3.53. The number of aliphatic carboxylic acids is 1. The fraction of sp³-hybridized carbons (Fsp3) is 0.571. The van der Waals surface area contributed by atoms with Gasteiger partial charge in [0.05, 0.1) is 11.4 Å². The number of carboxylic acid groups (broad SMARTS) is 1. The molecule has 6 heteroatoms. The molecule has 0 spiro atoms. The highest BCUT2D eigenvalue weighted by Crippen LogP contribution is 2.04. The largest absolute Gasteiger partial charge is 0.480 e. The Morgan fingerprint density at radius 1 is 1.77 bits per heavy atom. The highest BCUT2D eigenvalue weighted by Gasteiger charge is 2.16. The minimum absolute atomic E-state index is 0.217. The van der Waals surface area contributed by atoms with Crippen molar-refractivity contribution in [3.63, 3.8) is 0 Å². The molecule has 1 unspecified atom stereocenters. The lowest BCUT2D eigenvalue weighted by Crippen LogP contribution is -2.32. The van der Waals surface area contributed by atoms with Gasteiger partial charge in [-0.25, -0.2) is 0 Å². The van der Waals surface area contributed by atoms with Crippen molar-refractivity contribution in [1.29, 1.82) is 0 Å². The van der Waals surface area contributed by atoms with Gasteiger partial charge in [0.2, 0.25) is 0 Å². The normalized spacial score (nSPS) is 12.8. The Bertz CT molecular complexity index is 320. The van der Waals surface area contributed by atoms with Gasteiger partial charge in [0, 0.05) is 13.5 Å². The van der Waals surface area contributed by atoms with E-state index >= 15 is 0 Å². The van der Waals surface area contributed by atoms with Crippen molar-refractivity contribution in [3.05, 3.63) is 11.4 Å². The molecule has 1 aromatic heterocycles. The van der Waals surface area contributed by atoms with E-state index in [1.165, 1.54) is 0 Å². The van der Waals surface area contributed by atoms with Crippen LogP contribution in [0.1, 0.15) is 11.4 Å². The number of hydrogen-bond acceptors (Lipinski definition) is 4. The third-order valence-electron chi connectivity index (χ3n) is 1.93. The van der Waals surface area contributed by atoms with Gasteiger partial charge in [-0.15, -0.1) is 5.10 Å². The van der Waals surface area contributed by atoms with Gasteiger partial charge in [0.1, 0.15) is 6.04 Å². The average molecular weight is 184 g/mol. The molecule has 0 aliphatic rings. The van der Waals surface area contributed by atoms with Gasteiger partial charge < -0.3 is 10.8 Å². The second-order valence-electron chi connectivity index (χ2n) is 2.89. The zero-order valence-electron chi connectivity index (χ0n) is 7.56. The molecule has 72 valence electrons. The summed E-state index contributed by atoms with van der Waals surface area (Å²) >= 11 is 0. The van der Waals surface area contributed by atoms with E-state index in [1.807, 2.05) is 6.92 Å². The van der Waals surface area contributed by atoms with Crippen molar-refractivity contribution in [2.24, 2.45) is 12.8 Å². The average Bonchev–Trinajstić information content (AvgIpc) is 2.36. The van der Waals surface area contributed by atoms with Crippen molar-refractivity contribution in [2.75, 3.05) is 0 Å². The lowest BCUT2D eigenvalue weighted by Gasteiger charge is -2.03. The van der Waals surface area contributed by atoms with E-state index in [0.29, 0.717) is 5.69 Å². The Kier molecular flexibility index (Phi) is 2.62. The maximum atomic E-state index is 10.4. The van der Waals surface area contributed by atoms with Crippen LogP contribution in [0.25, 0.3) is 0 Å². The van der Waals surface area contributed by atoms with Crippen LogP contribution in [-0.2, 0) is 18.3 Å². The first-order valence-corrected chi connectivity index (χ1v) is 3.86. The number of aryl methyl sites for hydroxylation is 1. The molecule has 3 N–H and O–H groups in total. The number of nitrogens with two attached hydrogens (primary N) is 1. The maximum absolute atomic E-state index is 10.4. The van der Waals surface area contributed by atoms with Crippen LogP contribution in [0.3, 0.4) is 0 Å². The smallest absolute Gasteiger partial charge is 0.320 e. The molecule has 0 saturated carbocycles. The van der Waals surface area contributed by atoms with E-state index in [4.69, 9.17) is 10.8 Å². The van der Waals surface area contributed by atoms with Gasteiger partial charge >= 0.3 is 5.97 Å². The molecule has 13 heavy (non-hydrogen) atoms. The van der Waals surface area contributed by atoms with Crippen LogP contribution in [-0.4, -0.2) is 32.1 Å². The standard InChI is InChI=1S/C7H12N4O2/c1-4-6(9-10-11(4)2)3-5(8)7(12)13/h5H,3,8H2,1-2H3,(H,12,13). The number of rotatable bonds is 3. The fourth-order valence-corrected chi connectivity index (χ4v) is 0.931. The third kappa shape index (κ3) is 2.03. The zero-order chi connectivity index (χ0) is 10.0. The van der Waals surface area contributed by atoms with Gasteiger partial charge in [-0.05, 0) is 6.92 Å². The SMILES string of the molecule is Cc1c(CC(N)C(=O)O)nnn1C. The van der Waals surface area contributed by atoms with E-state index in [1.54, 1.807) is 11.7 Å². The second-order valence-corrected chi connectivity index (χ2v) is 2.89. The molecule has 1 heterocycles. The molecule has 0 aliphatic heterocycles. The van der Waals surface area contributed by atoms with Crippen LogP contribution in [0.4, 0.5) is 0 Å². The summed E-state index contributed by atoms with van der Waals surface area (Å²) in [7, 11) is 1.75. The van der Waals surface area contributed by atoms with Crippen molar-refractivity contribution >= 4 is 5.97 Å². The molecule has 0 radical (unpaired) electrons. The van der Waals surface area contributed by atoms with Crippen LogP contribution >= 0.6 is 0 Å². The highest BCUT2D eigenvalue weighted by atomic mass is 16.4. The molecule has 1 atom stereocenters. The molecule has 1 aromatic rings. The first kappa shape index (κ1) is 9.66. The van der Waals surface area contributed by atoms with E-state index < -0.39 is 12.0 Å². The Morgan fingerprint density at radius 3 is 2.77 bits per heavy atom. The highest BCUT2D eigenvalue weighted by molar-refractivity contribution is 5.73. The number of carbonyl (C=O) groups is 1. The van der Waals surface area contributed by atoms with Crippen LogP contribution in [0.15, 0.2) is 0 Å². The maximum Gasteiger partial charge on any atom is 0.320 e. The molecule has 0 bridgehead atoms. The van der Waals surface area contributed by atoms with Gasteiger partial charge in [0.15, 0.2) is 0 Å². The van der Waals surface area contributed by atoms with Crippen molar-refractivity contribution in [3.8, 4) is 0 Å². The van der Waals surface area contributed by atoms with Crippen LogP contribution < -0.4 is 5.73 Å². The monoisotopic (exact) mass is 184 g/mol. The molecule has 0 fully saturated rings. The van der Waals surface area contributed by atoms with E-state index in [9.17, 15) is 4.79 Å². The van der Waals surface area contributed by atoms with Crippen molar-refractivity contribution in [1.82, 2.24) is 15.0 Å². The summed E-state index contributed by atoms with van der Waals surface area (Å²) in [6.07, 6.45) is 0.217. The van der Waals surface area contributed by atoms with E-state index in [-0.39, 0.29) is 6.42 Å². The van der Waals surface area contributed by atoms with E-state index in [0.717, 1.165) is 5.69 Å². The van der Waals surface area contributed by atoms with Gasteiger partial charge in [-0.2, -0.15) is 0 Å². The summed E-state index contributed by atoms with van der Waals surface area (Å²) < 4.78 is 1.59. The zero-order valence-corrected chi connectivity index (χ0v) is 7.56. The van der Waals surface area contributed by atoms with E-state index in [2.05, 4.69) is 10.3 Å². The third-order valence-corrected chi connectivity index (χ3v) is 1.93. The predicted octanol–water partition coefficient (Wildman–Crippen LogP) is -0.922. The lowest BCUT2D eigenvalue weighted by molar-refractivity contribution is -0.138. The summed E-state index contributed by atoms with van der Waals surface area (Å²) in [6.45, 7) is 1.82. The first-order valence-electron chi connectivity index (χ1n) is 3.86. The number of hydrogen-bond donors (Lipinski definition) is 2. The fourth-order valence-electron chi connectivity index (χ4n) is 0.931. The minimum atomic E-state index is -1.02. The quantitative estimate of drug-likeness (QED) is 0.633. The lowest BCUT2D eigenvalue weighted by atomic mass is 10.1. The number of carboxylic acids is 1. The van der Waals surface area contributed by atoms with Crippen LogP contribution in [0, 0.1) is 6.92 Å². The van der Waals surface area contributed by atoms with Crippen molar-refractivity contribution < 1.29 is 9.90 Å². The summed E-state index contributed by atoms with van der Waals surface area (Å²) in [4.78, 5) is 10.4. The summed E-state index contributed by atoms with van der Waals surface area (Å²) in [6, 6.07) is -0.907. The van der Waals surface area contributed by atoms with Gasteiger partial charge in [-0.3, -0.25) is 9.48 Å². The molecular weight excluding hydrogens is 172 g/mol. The Hall–Kier alpha value is -1.43. The molecule has 6 nitrogen and oxygen atoms in total. The number of aromatic nitrogens is 3. The summed E-state index contributed by atoms with van der Waals surface area (Å²) in [5.41, 5.74) is 6.83. The summed E-state index contributed by atoms with van der Waals surface area (Å²) in [5, 5.41) is 16.1. The number of nitrogens with zero attached hydrogens (tertiary/aromatic N) is 3. The Balaban J connectivity index is 2.74. The van der Waals surface area contributed by atoms with Gasteiger partial charge in [0.25, 0.3) is 0 Å². The summed E-state index contributed by atoms with van der Waals surface area (Å²) in [5.74, 6) is -1.02. The first-order chi connectivity index (χ1) is 6.02. The molecule has 0 aromatic carbocycles. The molecule has 0 saturated heterocycles. The topological polar surface area (TPSA) is 94.0 Å². The van der Waals surface area contributed by atoms with Gasteiger partial charge in [-0.1, -0.05) is 5.21 Å². The predicted molar refractivity (Wildman–Crippen MR) is 45.1 cm³/mol. The molecular formula is C7H12N4O2. The Morgan fingerprint density at radius 2 is 2.38 bits per heavy atom. The molecule has 0 aliphatic carbocycles.